The molecule has 1 rings (SSSR count). The van der Waals surface area contributed by atoms with Crippen molar-refractivity contribution < 1.29 is 9.13 Å². The third-order valence-electron chi connectivity index (χ3n) is 2.82. The first kappa shape index (κ1) is 16.9. The van der Waals surface area contributed by atoms with Crippen molar-refractivity contribution in [2.24, 2.45) is 5.92 Å². The number of halogens is 1. The van der Waals surface area contributed by atoms with Gasteiger partial charge in [-0.2, -0.15) is 0 Å². The minimum absolute atomic E-state index is 0.0346. The second kappa shape index (κ2) is 7.02. The molecule has 0 amide bonds. The standard InChI is InChI=1S/C16H27FN2O/c1-11(2)7-12(3)20-15-13(8-14(17)10-18-15)9-19-16(4,5)6/h8,10-12,19H,7,9H2,1-6H3. The maximum Gasteiger partial charge on any atom is 0.218 e. The molecule has 3 nitrogen and oxygen atoms in total. The number of nitrogens with one attached hydrogen (secondary N) is 1. The average molecular weight is 282 g/mol. The van der Waals surface area contributed by atoms with Crippen LogP contribution in [0.2, 0.25) is 0 Å². The summed E-state index contributed by atoms with van der Waals surface area (Å²) in [7, 11) is 0. The van der Waals surface area contributed by atoms with E-state index in [1.807, 2.05) is 6.92 Å². The molecular formula is C16H27FN2O. The number of rotatable bonds is 6. The third kappa shape index (κ3) is 6.33. The van der Waals surface area contributed by atoms with Gasteiger partial charge in [-0.05, 0) is 46.1 Å². The Bertz CT molecular complexity index is 427. The molecule has 0 radical (unpaired) electrons. The Balaban J connectivity index is 2.79. The smallest absolute Gasteiger partial charge is 0.218 e. The number of aromatic nitrogens is 1. The summed E-state index contributed by atoms with van der Waals surface area (Å²) in [6, 6.07) is 1.49. The minimum atomic E-state index is -0.334. The molecule has 20 heavy (non-hydrogen) atoms. The molecule has 0 spiro atoms. The lowest BCUT2D eigenvalue weighted by atomic mass is 10.1. The largest absolute Gasteiger partial charge is 0.474 e. The van der Waals surface area contributed by atoms with Crippen molar-refractivity contribution in [2.75, 3.05) is 0 Å². The van der Waals surface area contributed by atoms with E-state index in [9.17, 15) is 4.39 Å². The molecule has 0 bridgehead atoms. The highest BCUT2D eigenvalue weighted by Gasteiger charge is 2.15. The zero-order valence-corrected chi connectivity index (χ0v) is 13.5. The number of hydrogen-bond donors (Lipinski definition) is 1. The molecule has 0 fully saturated rings. The number of pyridine rings is 1. The highest BCUT2D eigenvalue weighted by molar-refractivity contribution is 5.26. The highest BCUT2D eigenvalue weighted by atomic mass is 19.1. The Hall–Kier alpha value is -1.16. The van der Waals surface area contributed by atoms with Crippen LogP contribution in [0.4, 0.5) is 4.39 Å². The van der Waals surface area contributed by atoms with E-state index < -0.39 is 0 Å². The van der Waals surface area contributed by atoms with Gasteiger partial charge in [-0.15, -0.1) is 0 Å². The zero-order valence-electron chi connectivity index (χ0n) is 13.5. The molecule has 114 valence electrons. The van der Waals surface area contributed by atoms with Gasteiger partial charge >= 0.3 is 0 Å². The van der Waals surface area contributed by atoms with Crippen LogP contribution < -0.4 is 10.1 Å². The summed E-state index contributed by atoms with van der Waals surface area (Å²) in [4.78, 5) is 4.09. The highest BCUT2D eigenvalue weighted by Crippen LogP contribution is 2.20. The van der Waals surface area contributed by atoms with Crippen LogP contribution in [0.3, 0.4) is 0 Å². The van der Waals surface area contributed by atoms with Crippen LogP contribution in [0.15, 0.2) is 12.3 Å². The SMILES string of the molecule is CC(C)CC(C)Oc1ncc(F)cc1CNC(C)(C)C. The van der Waals surface area contributed by atoms with Crippen molar-refractivity contribution in [1.29, 1.82) is 0 Å². The lowest BCUT2D eigenvalue weighted by Gasteiger charge is -2.22. The monoisotopic (exact) mass is 282 g/mol. The first-order valence-corrected chi connectivity index (χ1v) is 7.23. The Morgan fingerprint density at radius 2 is 1.95 bits per heavy atom. The van der Waals surface area contributed by atoms with Crippen molar-refractivity contribution in [3.63, 3.8) is 0 Å². The van der Waals surface area contributed by atoms with Crippen LogP contribution in [0.5, 0.6) is 5.88 Å². The van der Waals surface area contributed by atoms with E-state index in [2.05, 4.69) is 44.9 Å². The molecule has 1 aromatic heterocycles. The summed E-state index contributed by atoms with van der Waals surface area (Å²) < 4.78 is 19.2. The van der Waals surface area contributed by atoms with Crippen molar-refractivity contribution >= 4 is 0 Å². The molecule has 1 heterocycles. The van der Waals surface area contributed by atoms with Crippen molar-refractivity contribution in [2.45, 2.75) is 66.2 Å². The lowest BCUT2D eigenvalue weighted by molar-refractivity contribution is 0.182. The topological polar surface area (TPSA) is 34.1 Å². The van der Waals surface area contributed by atoms with Crippen LogP contribution in [0.1, 0.15) is 53.5 Å². The molecular weight excluding hydrogens is 255 g/mol. The molecule has 1 aromatic rings. The molecule has 0 aliphatic rings. The average Bonchev–Trinajstić information content (AvgIpc) is 2.27. The summed E-state index contributed by atoms with van der Waals surface area (Å²) in [5.74, 6) is 0.748. The molecule has 1 atom stereocenters. The summed E-state index contributed by atoms with van der Waals surface area (Å²) in [5.41, 5.74) is 0.725. The predicted molar refractivity (Wildman–Crippen MR) is 80.3 cm³/mol. The van der Waals surface area contributed by atoms with Crippen LogP contribution in [-0.4, -0.2) is 16.6 Å². The van der Waals surface area contributed by atoms with Gasteiger partial charge in [0.1, 0.15) is 5.82 Å². The number of nitrogens with zero attached hydrogens (tertiary/aromatic N) is 1. The number of hydrogen-bond acceptors (Lipinski definition) is 3. The fourth-order valence-corrected chi connectivity index (χ4v) is 1.96. The van der Waals surface area contributed by atoms with Crippen LogP contribution in [0.25, 0.3) is 0 Å². The number of ether oxygens (including phenoxy) is 1. The summed E-state index contributed by atoms with van der Waals surface area (Å²) in [6.45, 7) is 13.1. The van der Waals surface area contributed by atoms with Gasteiger partial charge in [0.2, 0.25) is 5.88 Å². The van der Waals surface area contributed by atoms with E-state index in [4.69, 9.17) is 4.74 Å². The van der Waals surface area contributed by atoms with Crippen molar-refractivity contribution in [3.05, 3.63) is 23.6 Å². The second-order valence-electron chi connectivity index (χ2n) is 6.78. The van der Waals surface area contributed by atoms with Crippen LogP contribution >= 0.6 is 0 Å². The van der Waals surface area contributed by atoms with Gasteiger partial charge in [-0.3, -0.25) is 0 Å². The van der Waals surface area contributed by atoms with Gasteiger partial charge in [0.25, 0.3) is 0 Å². The molecule has 0 saturated carbocycles. The summed E-state index contributed by atoms with van der Waals surface area (Å²) >= 11 is 0. The molecule has 0 saturated heterocycles. The second-order valence-corrected chi connectivity index (χ2v) is 6.78. The first-order chi connectivity index (χ1) is 9.17. The Morgan fingerprint density at radius 1 is 1.30 bits per heavy atom. The van der Waals surface area contributed by atoms with Crippen LogP contribution in [0, 0.1) is 11.7 Å². The van der Waals surface area contributed by atoms with Gasteiger partial charge in [-0.1, -0.05) is 13.8 Å². The van der Waals surface area contributed by atoms with Crippen LogP contribution in [-0.2, 0) is 6.54 Å². The zero-order chi connectivity index (χ0) is 15.3. The lowest BCUT2D eigenvalue weighted by Crippen LogP contribution is -2.35. The van der Waals surface area contributed by atoms with Gasteiger partial charge < -0.3 is 10.1 Å². The molecule has 0 aliphatic carbocycles. The normalized spacial score (nSPS) is 13.6. The Labute approximate surface area is 121 Å². The summed E-state index contributed by atoms with van der Waals surface area (Å²) in [5, 5.41) is 3.33. The Morgan fingerprint density at radius 3 is 2.50 bits per heavy atom. The fourth-order valence-electron chi connectivity index (χ4n) is 1.96. The van der Waals surface area contributed by atoms with Crippen molar-refractivity contribution in [1.82, 2.24) is 10.3 Å². The van der Waals surface area contributed by atoms with Gasteiger partial charge in [0, 0.05) is 17.6 Å². The molecule has 0 aliphatic heterocycles. The van der Waals surface area contributed by atoms with E-state index in [-0.39, 0.29) is 17.5 Å². The predicted octanol–water partition coefficient (Wildman–Crippen LogP) is 3.92. The van der Waals surface area contributed by atoms with Gasteiger partial charge in [0.15, 0.2) is 0 Å². The van der Waals surface area contributed by atoms with E-state index in [0.29, 0.717) is 18.3 Å². The molecule has 1 N–H and O–H groups in total. The van der Waals surface area contributed by atoms with E-state index in [0.717, 1.165) is 12.0 Å². The van der Waals surface area contributed by atoms with E-state index in [1.165, 1.54) is 12.3 Å². The first-order valence-electron chi connectivity index (χ1n) is 7.23. The molecule has 1 unspecified atom stereocenters. The third-order valence-corrected chi connectivity index (χ3v) is 2.82. The fraction of sp³-hybridized carbons (Fsp3) is 0.688. The maximum atomic E-state index is 13.4. The van der Waals surface area contributed by atoms with Crippen molar-refractivity contribution in [3.8, 4) is 5.88 Å². The van der Waals surface area contributed by atoms with E-state index >= 15 is 0 Å². The van der Waals surface area contributed by atoms with Gasteiger partial charge in [0.05, 0.1) is 12.3 Å². The quantitative estimate of drug-likeness (QED) is 0.858. The molecule has 4 heteroatoms. The van der Waals surface area contributed by atoms with E-state index in [1.54, 1.807) is 0 Å². The summed E-state index contributed by atoms with van der Waals surface area (Å²) in [6.07, 6.45) is 2.23. The Kier molecular flexibility index (Phi) is 5.93. The van der Waals surface area contributed by atoms with Gasteiger partial charge in [-0.25, -0.2) is 9.37 Å². The minimum Gasteiger partial charge on any atom is -0.474 e. The molecule has 0 aromatic carbocycles. The maximum absolute atomic E-state index is 13.4.